The number of aromatic nitrogens is 1. The predicted octanol–water partition coefficient (Wildman–Crippen LogP) is 7.44. The molecule has 0 aliphatic rings. The van der Waals surface area contributed by atoms with E-state index in [2.05, 4.69) is 49.7 Å². The van der Waals surface area contributed by atoms with E-state index in [0.717, 1.165) is 27.0 Å². The van der Waals surface area contributed by atoms with E-state index in [9.17, 15) is 0 Å². The second-order valence-corrected chi connectivity index (χ2v) is 12.6. The van der Waals surface area contributed by atoms with Gasteiger partial charge >= 0.3 is 0 Å². The summed E-state index contributed by atoms with van der Waals surface area (Å²) in [5, 5.41) is 5.05. The molecule has 134 valence electrons. The van der Waals surface area contributed by atoms with Gasteiger partial charge in [0.2, 0.25) is 0 Å². The van der Waals surface area contributed by atoms with Gasteiger partial charge in [0.1, 0.15) is 0 Å². The molecule has 7 heteroatoms. The quantitative estimate of drug-likeness (QED) is 0.337. The summed E-state index contributed by atoms with van der Waals surface area (Å²) in [5.74, 6) is 5.24. The third kappa shape index (κ3) is 4.42. The molecular weight excluding hydrogens is 408 g/mol. The molecule has 0 bridgehead atoms. The van der Waals surface area contributed by atoms with Crippen LogP contribution in [0, 0.1) is 6.92 Å². The minimum atomic E-state index is 0.0652. The van der Waals surface area contributed by atoms with Gasteiger partial charge in [0.05, 0.1) is 9.90 Å². The molecule has 2 aromatic heterocycles. The number of nitrogens with zero attached hydrogens (tertiary/aromatic N) is 1. The summed E-state index contributed by atoms with van der Waals surface area (Å²) >= 11 is 11.4. The first-order chi connectivity index (χ1) is 11.8. The number of halogens is 1. The molecule has 25 heavy (non-hydrogen) atoms. The first-order valence-corrected chi connectivity index (χ1v) is 12.3. The van der Waals surface area contributed by atoms with Crippen LogP contribution < -0.4 is 4.72 Å². The van der Waals surface area contributed by atoms with Gasteiger partial charge in [-0.3, -0.25) is 0 Å². The van der Waals surface area contributed by atoms with E-state index in [1.54, 1.807) is 34.6 Å². The molecule has 1 aromatic carbocycles. The Kier molecular flexibility index (Phi) is 5.85. The largest absolute Gasteiger partial charge is 0.301 e. The first kappa shape index (κ1) is 19.2. The molecule has 0 amide bonds. The summed E-state index contributed by atoms with van der Waals surface area (Å²) in [5.41, 5.74) is 2.35. The number of thiophene rings is 1. The fourth-order valence-corrected chi connectivity index (χ4v) is 6.53. The third-order valence-electron chi connectivity index (χ3n) is 3.83. The van der Waals surface area contributed by atoms with E-state index in [-0.39, 0.29) is 15.2 Å². The summed E-state index contributed by atoms with van der Waals surface area (Å²) in [6.07, 6.45) is 0. The number of aryl methyl sites for hydroxylation is 1. The zero-order valence-corrected chi connectivity index (χ0v) is 18.7. The van der Waals surface area contributed by atoms with Gasteiger partial charge in [0.15, 0.2) is 5.13 Å². The first-order valence-electron chi connectivity index (χ1n) is 7.81. The maximum absolute atomic E-state index is 6.34. The standard InChI is InChI=1S/C18H21ClN2S4/c1-11-15-13(19)7-6-8-14(15)23-16(11)24-21-17-20-12(9-22-17)10-25(5)18(2,3)4/h6-9H,5,10H2,1-4H3,(H,20,21). The van der Waals surface area contributed by atoms with E-state index in [4.69, 9.17) is 16.6 Å². The summed E-state index contributed by atoms with van der Waals surface area (Å²) in [7, 11) is 0.0652. The molecule has 1 N–H and O–H groups in total. The Labute approximate surface area is 169 Å². The van der Waals surface area contributed by atoms with Crippen molar-refractivity contribution in [3.05, 3.63) is 39.9 Å². The molecular formula is C18H21ClN2S4. The van der Waals surface area contributed by atoms with E-state index in [0.29, 0.717) is 0 Å². The normalized spacial score (nSPS) is 13.3. The maximum Gasteiger partial charge on any atom is 0.193 e. The highest BCUT2D eigenvalue weighted by atomic mass is 35.5. The van der Waals surface area contributed by atoms with Crippen molar-refractivity contribution in [1.82, 2.24) is 4.98 Å². The van der Waals surface area contributed by atoms with Crippen molar-refractivity contribution in [2.75, 3.05) is 4.72 Å². The minimum absolute atomic E-state index is 0.0652. The van der Waals surface area contributed by atoms with Gasteiger partial charge < -0.3 is 4.72 Å². The Morgan fingerprint density at radius 3 is 2.80 bits per heavy atom. The molecule has 0 radical (unpaired) electrons. The number of anilines is 1. The molecule has 0 aliphatic heterocycles. The lowest BCUT2D eigenvalue weighted by atomic mass is 10.2. The van der Waals surface area contributed by atoms with Crippen LogP contribution in [0.1, 0.15) is 32.0 Å². The Morgan fingerprint density at radius 1 is 1.36 bits per heavy atom. The van der Waals surface area contributed by atoms with E-state index < -0.39 is 0 Å². The van der Waals surface area contributed by atoms with Crippen molar-refractivity contribution in [2.45, 2.75) is 42.4 Å². The minimum Gasteiger partial charge on any atom is -0.301 e. The van der Waals surface area contributed by atoms with Gasteiger partial charge in [-0.2, -0.15) is 10.5 Å². The van der Waals surface area contributed by atoms with Gasteiger partial charge in [-0.15, -0.1) is 22.7 Å². The molecule has 0 fully saturated rings. The summed E-state index contributed by atoms with van der Waals surface area (Å²) in [4.78, 5) is 4.71. The summed E-state index contributed by atoms with van der Waals surface area (Å²) in [6, 6.07) is 6.07. The molecule has 2 nitrogen and oxygen atoms in total. The Morgan fingerprint density at radius 2 is 2.12 bits per heavy atom. The van der Waals surface area contributed by atoms with Crippen LogP contribution in [-0.4, -0.2) is 15.6 Å². The van der Waals surface area contributed by atoms with Gasteiger partial charge in [-0.25, -0.2) is 4.98 Å². The van der Waals surface area contributed by atoms with Crippen molar-refractivity contribution >= 4 is 77.8 Å². The molecule has 0 saturated carbocycles. The second kappa shape index (κ2) is 7.61. The van der Waals surface area contributed by atoms with Crippen molar-refractivity contribution in [1.29, 1.82) is 0 Å². The number of hydrogen-bond donors (Lipinski definition) is 1. The zero-order valence-electron chi connectivity index (χ0n) is 14.7. The Bertz CT molecular complexity index is 921. The number of thiazole rings is 1. The van der Waals surface area contributed by atoms with Crippen LogP contribution >= 0.6 is 56.7 Å². The van der Waals surface area contributed by atoms with E-state index in [1.807, 2.05) is 12.1 Å². The molecule has 0 saturated heterocycles. The number of hydrogen-bond acceptors (Lipinski definition) is 5. The zero-order chi connectivity index (χ0) is 18.2. The topological polar surface area (TPSA) is 24.9 Å². The fraction of sp³-hybridized carbons (Fsp3) is 0.333. The molecule has 1 atom stereocenters. The van der Waals surface area contributed by atoms with Crippen LogP contribution in [0.2, 0.25) is 5.02 Å². The highest BCUT2D eigenvalue weighted by molar-refractivity contribution is 8.14. The Balaban J connectivity index is 1.70. The lowest BCUT2D eigenvalue weighted by Crippen LogP contribution is -2.11. The van der Waals surface area contributed by atoms with Crippen LogP contribution in [0.3, 0.4) is 0 Å². The molecule has 0 spiro atoms. The van der Waals surface area contributed by atoms with Crippen molar-refractivity contribution in [3.63, 3.8) is 0 Å². The van der Waals surface area contributed by atoms with Crippen LogP contribution in [0.5, 0.6) is 0 Å². The van der Waals surface area contributed by atoms with Crippen LogP contribution in [0.15, 0.2) is 27.8 Å². The summed E-state index contributed by atoms with van der Waals surface area (Å²) in [6.45, 7) is 8.83. The van der Waals surface area contributed by atoms with Crippen LogP contribution in [-0.2, 0) is 5.75 Å². The number of nitrogens with one attached hydrogen (secondary N) is 1. The highest BCUT2D eigenvalue weighted by Crippen LogP contribution is 2.41. The van der Waals surface area contributed by atoms with E-state index in [1.165, 1.54) is 14.5 Å². The van der Waals surface area contributed by atoms with E-state index >= 15 is 0 Å². The highest BCUT2D eigenvalue weighted by Gasteiger charge is 2.16. The van der Waals surface area contributed by atoms with Crippen molar-refractivity contribution in [3.8, 4) is 0 Å². The monoisotopic (exact) mass is 428 g/mol. The molecule has 0 aliphatic carbocycles. The van der Waals surface area contributed by atoms with Gasteiger partial charge in [-0.05, 0) is 36.6 Å². The lowest BCUT2D eigenvalue weighted by molar-refractivity contribution is 0.800. The van der Waals surface area contributed by atoms with Gasteiger partial charge in [-0.1, -0.05) is 44.3 Å². The smallest absolute Gasteiger partial charge is 0.193 e. The maximum atomic E-state index is 6.34. The number of benzene rings is 1. The summed E-state index contributed by atoms with van der Waals surface area (Å²) < 4.78 is 6.06. The van der Waals surface area contributed by atoms with Crippen LogP contribution in [0.25, 0.3) is 10.1 Å². The van der Waals surface area contributed by atoms with Gasteiger partial charge in [0.25, 0.3) is 0 Å². The number of fused-ring (bicyclic) bond motifs is 1. The fourth-order valence-electron chi connectivity index (χ4n) is 2.23. The van der Waals surface area contributed by atoms with Crippen molar-refractivity contribution < 1.29 is 0 Å². The predicted molar refractivity (Wildman–Crippen MR) is 121 cm³/mol. The van der Waals surface area contributed by atoms with Crippen molar-refractivity contribution in [2.24, 2.45) is 0 Å². The second-order valence-electron chi connectivity index (χ2n) is 6.73. The lowest BCUT2D eigenvalue weighted by Gasteiger charge is -2.22. The Hall–Kier alpha value is -0.530. The molecule has 1 unspecified atom stereocenters. The van der Waals surface area contributed by atoms with Gasteiger partial charge in [0, 0.05) is 31.0 Å². The average Bonchev–Trinajstić information content (AvgIpc) is 3.10. The average molecular weight is 429 g/mol. The molecule has 3 rings (SSSR count). The SMILES string of the molecule is C=S(Cc1csc(NSc2sc3cccc(Cl)c3c2C)n1)C(C)(C)C. The van der Waals surface area contributed by atoms with Crippen LogP contribution in [0.4, 0.5) is 5.13 Å². The number of rotatable bonds is 5. The third-order valence-corrected chi connectivity index (χ3v) is 9.80. The molecule has 2 heterocycles. The molecule has 3 aromatic rings.